The molecule has 2 aromatic rings. The first-order chi connectivity index (χ1) is 13.1. The van der Waals surface area contributed by atoms with Crippen molar-refractivity contribution in [3.63, 3.8) is 0 Å². The molecule has 1 nitrogen and oxygen atoms in total. The molecule has 0 saturated heterocycles. The van der Waals surface area contributed by atoms with Crippen molar-refractivity contribution >= 4 is 0 Å². The smallest absolute Gasteiger partial charge is 0.132 e. The van der Waals surface area contributed by atoms with Crippen LogP contribution in [0, 0.1) is 17.6 Å². The zero-order valence-corrected chi connectivity index (χ0v) is 16.0. The SMILES string of the molecule is C=CCC[C@H]1CC[C@H](c2ccc(-c3cc(F)c(COC)c(F)c3)cc2)CC1. The predicted molar refractivity (Wildman–Crippen MR) is 107 cm³/mol. The van der Waals surface area contributed by atoms with Crippen molar-refractivity contribution in [3.05, 3.63) is 71.8 Å². The van der Waals surface area contributed by atoms with Crippen molar-refractivity contribution in [3.8, 4) is 11.1 Å². The second-order valence-corrected chi connectivity index (χ2v) is 7.56. The highest BCUT2D eigenvalue weighted by Gasteiger charge is 2.22. The number of allylic oxidation sites excluding steroid dienone is 1. The number of hydrogen-bond donors (Lipinski definition) is 0. The summed E-state index contributed by atoms with van der Waals surface area (Å²) in [5.74, 6) is 0.300. The van der Waals surface area contributed by atoms with Crippen LogP contribution in [-0.2, 0) is 11.3 Å². The van der Waals surface area contributed by atoms with Crippen LogP contribution in [0.5, 0.6) is 0 Å². The molecule has 3 heteroatoms. The van der Waals surface area contributed by atoms with Crippen LogP contribution in [0.2, 0.25) is 0 Å². The van der Waals surface area contributed by atoms with Gasteiger partial charge < -0.3 is 4.74 Å². The van der Waals surface area contributed by atoms with Gasteiger partial charge in [0.05, 0.1) is 6.61 Å². The van der Waals surface area contributed by atoms with Gasteiger partial charge in [-0.15, -0.1) is 6.58 Å². The van der Waals surface area contributed by atoms with E-state index in [1.165, 1.54) is 56.9 Å². The molecule has 0 N–H and O–H groups in total. The van der Waals surface area contributed by atoms with Crippen molar-refractivity contribution in [1.29, 1.82) is 0 Å². The van der Waals surface area contributed by atoms with Crippen LogP contribution < -0.4 is 0 Å². The van der Waals surface area contributed by atoms with Gasteiger partial charge in [-0.3, -0.25) is 0 Å². The highest BCUT2D eigenvalue weighted by molar-refractivity contribution is 5.64. The van der Waals surface area contributed by atoms with Crippen molar-refractivity contribution in [2.45, 2.75) is 51.0 Å². The molecule has 1 fully saturated rings. The number of ether oxygens (including phenoxy) is 1. The van der Waals surface area contributed by atoms with E-state index in [2.05, 4.69) is 18.7 Å². The van der Waals surface area contributed by atoms with E-state index in [9.17, 15) is 8.78 Å². The minimum absolute atomic E-state index is 0.0221. The second-order valence-electron chi connectivity index (χ2n) is 7.56. The zero-order valence-electron chi connectivity index (χ0n) is 16.0. The van der Waals surface area contributed by atoms with Crippen LogP contribution in [-0.4, -0.2) is 7.11 Å². The van der Waals surface area contributed by atoms with Crippen LogP contribution in [0.4, 0.5) is 8.78 Å². The quantitative estimate of drug-likeness (QED) is 0.476. The monoisotopic (exact) mass is 370 g/mol. The van der Waals surface area contributed by atoms with Crippen molar-refractivity contribution in [2.75, 3.05) is 7.11 Å². The minimum atomic E-state index is -0.561. The molecule has 0 aromatic heterocycles. The summed E-state index contributed by atoms with van der Waals surface area (Å²) in [6.07, 6.45) is 9.37. The van der Waals surface area contributed by atoms with Crippen LogP contribution in [0.1, 0.15) is 55.6 Å². The Hall–Kier alpha value is -2.00. The van der Waals surface area contributed by atoms with Crippen molar-refractivity contribution in [1.82, 2.24) is 0 Å². The molecule has 1 saturated carbocycles. The lowest BCUT2D eigenvalue weighted by atomic mass is 9.77. The number of halogens is 2. The molecule has 3 rings (SSSR count). The van der Waals surface area contributed by atoms with Crippen molar-refractivity contribution < 1.29 is 13.5 Å². The van der Waals surface area contributed by atoms with Crippen LogP contribution in [0.15, 0.2) is 49.1 Å². The molecule has 1 aliphatic carbocycles. The Morgan fingerprint density at radius 1 is 1.00 bits per heavy atom. The van der Waals surface area contributed by atoms with Crippen LogP contribution in [0.3, 0.4) is 0 Å². The number of benzene rings is 2. The minimum Gasteiger partial charge on any atom is -0.380 e. The summed E-state index contributed by atoms with van der Waals surface area (Å²) in [5, 5.41) is 0. The normalized spacial score (nSPS) is 19.8. The van der Waals surface area contributed by atoms with E-state index >= 15 is 0 Å². The van der Waals surface area contributed by atoms with E-state index in [1.807, 2.05) is 18.2 Å². The Bertz CT molecular complexity index is 735. The molecule has 0 amide bonds. The molecule has 27 heavy (non-hydrogen) atoms. The third-order valence-electron chi connectivity index (χ3n) is 5.77. The molecule has 0 unspecified atom stereocenters. The molecular formula is C24H28F2O. The lowest BCUT2D eigenvalue weighted by molar-refractivity contribution is 0.177. The van der Waals surface area contributed by atoms with Gasteiger partial charge in [-0.1, -0.05) is 30.3 Å². The Balaban J connectivity index is 1.68. The maximum Gasteiger partial charge on any atom is 0.132 e. The fourth-order valence-electron chi connectivity index (χ4n) is 4.14. The number of rotatable bonds is 7. The molecule has 0 radical (unpaired) electrons. The summed E-state index contributed by atoms with van der Waals surface area (Å²) in [5.41, 5.74) is 2.70. The molecule has 0 atom stereocenters. The summed E-state index contributed by atoms with van der Waals surface area (Å²) < 4.78 is 33.2. The van der Waals surface area contributed by atoms with Crippen molar-refractivity contribution in [2.24, 2.45) is 5.92 Å². The fourth-order valence-corrected chi connectivity index (χ4v) is 4.14. The largest absolute Gasteiger partial charge is 0.380 e. The number of methoxy groups -OCH3 is 1. The molecule has 144 valence electrons. The lowest BCUT2D eigenvalue weighted by Crippen LogP contribution is -2.13. The van der Waals surface area contributed by atoms with Crippen LogP contribution >= 0.6 is 0 Å². The fraction of sp³-hybridized carbons (Fsp3) is 0.417. The van der Waals surface area contributed by atoms with Gasteiger partial charge in [0, 0.05) is 12.7 Å². The summed E-state index contributed by atoms with van der Waals surface area (Å²) in [4.78, 5) is 0. The summed E-state index contributed by atoms with van der Waals surface area (Å²) >= 11 is 0. The molecule has 2 aromatic carbocycles. The Morgan fingerprint density at radius 2 is 1.63 bits per heavy atom. The molecule has 1 aliphatic rings. The predicted octanol–water partition coefficient (Wildman–Crippen LogP) is 7.02. The van der Waals surface area contributed by atoms with E-state index < -0.39 is 11.6 Å². The lowest BCUT2D eigenvalue weighted by Gasteiger charge is -2.28. The molecular weight excluding hydrogens is 342 g/mol. The molecule has 0 heterocycles. The third kappa shape index (κ3) is 4.84. The Kier molecular flexibility index (Phi) is 6.78. The van der Waals surface area contributed by atoms with Gasteiger partial charge in [-0.05, 0) is 79.2 Å². The average Bonchev–Trinajstić information content (AvgIpc) is 2.69. The molecule has 0 spiro atoms. The van der Waals surface area contributed by atoms with Gasteiger partial charge in [-0.2, -0.15) is 0 Å². The van der Waals surface area contributed by atoms with E-state index in [4.69, 9.17) is 4.74 Å². The van der Waals surface area contributed by atoms with Crippen LogP contribution in [0.25, 0.3) is 11.1 Å². The molecule has 0 bridgehead atoms. The third-order valence-corrected chi connectivity index (χ3v) is 5.77. The van der Waals surface area contributed by atoms with Gasteiger partial charge in [0.2, 0.25) is 0 Å². The maximum atomic E-state index is 14.2. The second kappa shape index (κ2) is 9.27. The summed E-state index contributed by atoms with van der Waals surface area (Å²) in [6.45, 7) is 3.75. The highest BCUT2D eigenvalue weighted by Crippen LogP contribution is 2.38. The number of hydrogen-bond acceptors (Lipinski definition) is 1. The van der Waals surface area contributed by atoms with Gasteiger partial charge in [0.25, 0.3) is 0 Å². The first-order valence-electron chi connectivity index (χ1n) is 9.80. The summed E-state index contributed by atoms with van der Waals surface area (Å²) in [7, 11) is 1.43. The van der Waals surface area contributed by atoms with Gasteiger partial charge >= 0.3 is 0 Å². The van der Waals surface area contributed by atoms with E-state index in [0.29, 0.717) is 11.5 Å². The maximum absolute atomic E-state index is 14.2. The van der Waals surface area contributed by atoms with Gasteiger partial charge in [0.1, 0.15) is 11.6 Å². The van der Waals surface area contributed by atoms with E-state index in [1.54, 1.807) is 0 Å². The van der Waals surface area contributed by atoms with Gasteiger partial charge in [0.15, 0.2) is 0 Å². The Labute approximate surface area is 161 Å². The summed E-state index contributed by atoms with van der Waals surface area (Å²) in [6, 6.07) is 11.0. The van der Waals surface area contributed by atoms with Gasteiger partial charge in [-0.25, -0.2) is 8.78 Å². The molecule has 0 aliphatic heterocycles. The highest BCUT2D eigenvalue weighted by atomic mass is 19.1. The van der Waals surface area contributed by atoms with E-state index in [0.717, 1.165) is 17.9 Å². The first-order valence-corrected chi connectivity index (χ1v) is 9.80. The average molecular weight is 370 g/mol. The topological polar surface area (TPSA) is 9.23 Å². The standard InChI is InChI=1S/C24H28F2O/c1-3-4-5-17-6-8-18(9-7-17)19-10-12-20(13-11-19)21-14-23(25)22(16-27-2)24(26)15-21/h3,10-15,17-18H,1,4-9,16H2,2H3/t17-,18-. The Morgan fingerprint density at radius 3 is 2.19 bits per heavy atom. The van der Waals surface area contributed by atoms with E-state index in [-0.39, 0.29) is 12.2 Å². The first kappa shape index (κ1) is 19.8. The zero-order chi connectivity index (χ0) is 19.2.